The van der Waals surface area contributed by atoms with Gasteiger partial charge in [-0.3, -0.25) is 0 Å². The van der Waals surface area contributed by atoms with E-state index in [1.807, 2.05) is 13.8 Å². The second-order valence-corrected chi connectivity index (χ2v) is 4.06. The van der Waals surface area contributed by atoms with E-state index < -0.39 is 18.8 Å². The van der Waals surface area contributed by atoms with E-state index in [2.05, 4.69) is 5.32 Å². The van der Waals surface area contributed by atoms with Gasteiger partial charge in [0.25, 0.3) is 6.43 Å². The van der Waals surface area contributed by atoms with Crippen molar-refractivity contribution >= 4 is 0 Å². The Labute approximate surface area is 105 Å². The van der Waals surface area contributed by atoms with Crippen molar-refractivity contribution in [2.75, 3.05) is 13.2 Å². The van der Waals surface area contributed by atoms with E-state index in [0.29, 0.717) is 5.56 Å². The SMILES string of the molecule is CCCNC(C)c1ccc(F)cc1OCC(F)F. The summed E-state index contributed by atoms with van der Waals surface area (Å²) in [4.78, 5) is 0. The standard InChI is InChI=1S/C13H18F3NO/c1-3-6-17-9(2)11-5-4-10(14)7-12(11)18-8-13(15)16/h4-5,7,9,13,17H,3,6,8H2,1-2H3. The van der Waals surface area contributed by atoms with Crippen molar-refractivity contribution in [1.82, 2.24) is 5.32 Å². The Kier molecular flexibility index (Phi) is 5.98. The van der Waals surface area contributed by atoms with E-state index >= 15 is 0 Å². The van der Waals surface area contributed by atoms with Crippen LogP contribution in [-0.4, -0.2) is 19.6 Å². The fourth-order valence-corrected chi connectivity index (χ4v) is 1.61. The summed E-state index contributed by atoms with van der Waals surface area (Å²) in [6, 6.07) is 3.93. The van der Waals surface area contributed by atoms with Crippen molar-refractivity contribution in [2.24, 2.45) is 0 Å². The van der Waals surface area contributed by atoms with Gasteiger partial charge in [0.2, 0.25) is 0 Å². The second kappa shape index (κ2) is 7.26. The van der Waals surface area contributed by atoms with Crippen molar-refractivity contribution in [3.8, 4) is 5.75 Å². The molecule has 0 heterocycles. The van der Waals surface area contributed by atoms with E-state index in [-0.39, 0.29) is 11.8 Å². The van der Waals surface area contributed by atoms with E-state index in [4.69, 9.17) is 4.74 Å². The third-order valence-corrected chi connectivity index (χ3v) is 2.51. The summed E-state index contributed by atoms with van der Waals surface area (Å²) in [5, 5.41) is 3.21. The third-order valence-electron chi connectivity index (χ3n) is 2.51. The molecule has 2 nitrogen and oxygen atoms in total. The predicted octanol–water partition coefficient (Wildman–Crippen LogP) is 3.53. The van der Waals surface area contributed by atoms with Gasteiger partial charge in [-0.15, -0.1) is 0 Å². The number of alkyl halides is 2. The Bertz CT molecular complexity index is 371. The van der Waals surface area contributed by atoms with Crippen LogP contribution in [0.2, 0.25) is 0 Å². The summed E-state index contributed by atoms with van der Waals surface area (Å²) >= 11 is 0. The summed E-state index contributed by atoms with van der Waals surface area (Å²) in [6.07, 6.45) is -1.61. The summed E-state index contributed by atoms with van der Waals surface area (Å²) in [5.74, 6) is -0.322. The largest absolute Gasteiger partial charge is 0.487 e. The zero-order valence-corrected chi connectivity index (χ0v) is 10.6. The summed E-state index contributed by atoms with van der Waals surface area (Å²) in [7, 11) is 0. The molecule has 0 bridgehead atoms. The highest BCUT2D eigenvalue weighted by Crippen LogP contribution is 2.26. The van der Waals surface area contributed by atoms with E-state index in [1.165, 1.54) is 6.07 Å². The molecular weight excluding hydrogens is 243 g/mol. The highest BCUT2D eigenvalue weighted by molar-refractivity contribution is 5.36. The maximum atomic E-state index is 13.1. The fourth-order valence-electron chi connectivity index (χ4n) is 1.61. The number of hydrogen-bond donors (Lipinski definition) is 1. The molecule has 102 valence electrons. The molecule has 0 saturated carbocycles. The minimum Gasteiger partial charge on any atom is -0.487 e. The molecule has 5 heteroatoms. The molecule has 0 radical (unpaired) electrons. The monoisotopic (exact) mass is 261 g/mol. The lowest BCUT2D eigenvalue weighted by Gasteiger charge is -2.18. The molecule has 0 aromatic heterocycles. The molecule has 0 aliphatic carbocycles. The maximum Gasteiger partial charge on any atom is 0.272 e. The number of nitrogens with one attached hydrogen (secondary N) is 1. The Hall–Kier alpha value is -1.23. The van der Waals surface area contributed by atoms with E-state index in [0.717, 1.165) is 19.0 Å². The molecule has 18 heavy (non-hydrogen) atoms. The summed E-state index contributed by atoms with van der Waals surface area (Å²) < 4.78 is 42.3. The van der Waals surface area contributed by atoms with Gasteiger partial charge >= 0.3 is 0 Å². The molecule has 0 aliphatic heterocycles. The first-order valence-electron chi connectivity index (χ1n) is 5.98. The van der Waals surface area contributed by atoms with Crippen LogP contribution in [0.15, 0.2) is 18.2 Å². The first-order chi connectivity index (χ1) is 8.54. The van der Waals surface area contributed by atoms with Crippen molar-refractivity contribution in [3.63, 3.8) is 0 Å². The quantitative estimate of drug-likeness (QED) is 0.810. The Morgan fingerprint density at radius 3 is 2.67 bits per heavy atom. The molecule has 1 rings (SSSR count). The predicted molar refractivity (Wildman–Crippen MR) is 64.6 cm³/mol. The first kappa shape index (κ1) is 14.8. The molecule has 0 saturated heterocycles. The lowest BCUT2D eigenvalue weighted by molar-refractivity contribution is 0.0810. The highest BCUT2D eigenvalue weighted by atomic mass is 19.3. The van der Waals surface area contributed by atoms with Crippen LogP contribution in [0.5, 0.6) is 5.75 Å². The van der Waals surface area contributed by atoms with Crippen LogP contribution in [0.1, 0.15) is 31.9 Å². The van der Waals surface area contributed by atoms with Crippen molar-refractivity contribution in [1.29, 1.82) is 0 Å². The number of rotatable bonds is 7. The molecule has 1 unspecified atom stereocenters. The van der Waals surface area contributed by atoms with Crippen LogP contribution in [0.3, 0.4) is 0 Å². The van der Waals surface area contributed by atoms with Crippen molar-refractivity contribution in [3.05, 3.63) is 29.6 Å². The summed E-state index contributed by atoms with van der Waals surface area (Å²) in [6.45, 7) is 3.99. The van der Waals surface area contributed by atoms with Gasteiger partial charge in [-0.25, -0.2) is 13.2 Å². The Morgan fingerprint density at radius 2 is 2.06 bits per heavy atom. The van der Waals surface area contributed by atoms with Crippen molar-refractivity contribution in [2.45, 2.75) is 32.7 Å². The van der Waals surface area contributed by atoms with Gasteiger partial charge in [0.15, 0.2) is 0 Å². The zero-order chi connectivity index (χ0) is 13.5. The first-order valence-corrected chi connectivity index (χ1v) is 5.98. The number of hydrogen-bond acceptors (Lipinski definition) is 2. The van der Waals surface area contributed by atoms with Gasteiger partial charge in [0.1, 0.15) is 18.2 Å². The normalized spacial score (nSPS) is 12.8. The van der Waals surface area contributed by atoms with Crippen LogP contribution in [0.4, 0.5) is 13.2 Å². The molecule has 0 spiro atoms. The molecule has 0 amide bonds. The van der Waals surface area contributed by atoms with Crippen LogP contribution in [0, 0.1) is 5.82 Å². The third kappa shape index (κ3) is 4.56. The van der Waals surface area contributed by atoms with Crippen LogP contribution in [-0.2, 0) is 0 Å². The number of halogens is 3. The molecule has 1 N–H and O–H groups in total. The molecule has 0 fully saturated rings. The highest BCUT2D eigenvalue weighted by Gasteiger charge is 2.13. The minimum atomic E-state index is -2.57. The second-order valence-electron chi connectivity index (χ2n) is 4.06. The number of benzene rings is 1. The maximum absolute atomic E-state index is 13.1. The average molecular weight is 261 g/mol. The van der Waals surface area contributed by atoms with Crippen LogP contribution >= 0.6 is 0 Å². The molecular formula is C13H18F3NO. The molecule has 1 aromatic rings. The average Bonchev–Trinajstić information content (AvgIpc) is 2.33. The zero-order valence-electron chi connectivity index (χ0n) is 10.6. The van der Waals surface area contributed by atoms with Crippen molar-refractivity contribution < 1.29 is 17.9 Å². The minimum absolute atomic E-state index is 0.0711. The smallest absolute Gasteiger partial charge is 0.272 e. The van der Waals surface area contributed by atoms with Gasteiger partial charge in [0, 0.05) is 17.7 Å². The van der Waals surface area contributed by atoms with Gasteiger partial charge in [-0.2, -0.15) is 0 Å². The van der Waals surface area contributed by atoms with Gasteiger partial charge in [0.05, 0.1) is 0 Å². The van der Waals surface area contributed by atoms with E-state index in [1.54, 1.807) is 6.07 Å². The number of ether oxygens (including phenoxy) is 1. The Morgan fingerprint density at radius 1 is 1.33 bits per heavy atom. The lowest BCUT2D eigenvalue weighted by Crippen LogP contribution is -2.20. The fraction of sp³-hybridized carbons (Fsp3) is 0.538. The molecule has 1 atom stereocenters. The van der Waals surface area contributed by atoms with Crippen LogP contribution in [0.25, 0.3) is 0 Å². The van der Waals surface area contributed by atoms with Gasteiger partial charge in [-0.05, 0) is 26.0 Å². The van der Waals surface area contributed by atoms with Crippen LogP contribution < -0.4 is 10.1 Å². The molecule has 0 aliphatic rings. The lowest BCUT2D eigenvalue weighted by atomic mass is 10.1. The Balaban J connectivity index is 2.81. The van der Waals surface area contributed by atoms with E-state index in [9.17, 15) is 13.2 Å². The summed E-state index contributed by atoms with van der Waals surface area (Å²) in [5.41, 5.74) is 0.686. The molecule has 1 aromatic carbocycles. The van der Waals surface area contributed by atoms with Gasteiger partial charge < -0.3 is 10.1 Å². The topological polar surface area (TPSA) is 21.3 Å². The van der Waals surface area contributed by atoms with Gasteiger partial charge in [-0.1, -0.05) is 13.0 Å².